The van der Waals surface area contributed by atoms with Gasteiger partial charge in [-0.2, -0.15) is 0 Å². The summed E-state index contributed by atoms with van der Waals surface area (Å²) in [6.07, 6.45) is 0. The number of rotatable bonds is 4. The maximum Gasteiger partial charge on any atom is 0.337 e. The zero-order chi connectivity index (χ0) is 14.9. The Morgan fingerprint density at radius 3 is 2.60 bits per heavy atom. The number of aryl methyl sites for hydroxylation is 2. The molecule has 4 N–H and O–H groups in total. The van der Waals surface area contributed by atoms with E-state index in [0.717, 1.165) is 17.1 Å². The monoisotopic (exact) mass is 274 g/mol. The number of benzene rings is 1. The molecule has 1 heterocycles. The number of nitrogen functional groups attached to an aromatic ring is 1. The number of carbonyl (C=O) groups is 1. The van der Waals surface area contributed by atoms with Gasteiger partial charge in [0.2, 0.25) is 0 Å². The highest BCUT2D eigenvalue weighted by atomic mass is 16.4. The summed E-state index contributed by atoms with van der Waals surface area (Å²) in [5, 5.41) is 12.4. The van der Waals surface area contributed by atoms with E-state index in [4.69, 9.17) is 10.2 Å². The largest absolute Gasteiger partial charge is 0.478 e. The molecule has 20 heavy (non-hydrogen) atoms. The zero-order valence-electron chi connectivity index (χ0n) is 11.7. The van der Waals surface area contributed by atoms with Crippen molar-refractivity contribution in [3.8, 4) is 0 Å². The van der Waals surface area contributed by atoms with Crippen LogP contribution < -0.4 is 11.1 Å². The minimum absolute atomic E-state index is 0.0765. The van der Waals surface area contributed by atoms with Crippen molar-refractivity contribution in [3.63, 3.8) is 0 Å². The van der Waals surface area contributed by atoms with Gasteiger partial charge < -0.3 is 20.6 Å². The van der Waals surface area contributed by atoms with Gasteiger partial charge >= 0.3 is 5.97 Å². The normalized spacial score (nSPS) is 12.2. The van der Waals surface area contributed by atoms with Crippen molar-refractivity contribution in [1.29, 1.82) is 0 Å². The Bertz CT molecular complexity index is 647. The Labute approximate surface area is 117 Å². The van der Waals surface area contributed by atoms with Crippen LogP contribution in [0, 0.1) is 13.8 Å². The first-order chi connectivity index (χ1) is 9.38. The summed E-state index contributed by atoms with van der Waals surface area (Å²) in [5.74, 6) is 0.667. The van der Waals surface area contributed by atoms with Crippen LogP contribution in [0.15, 0.2) is 28.7 Å². The van der Waals surface area contributed by atoms with Crippen LogP contribution in [0.3, 0.4) is 0 Å². The van der Waals surface area contributed by atoms with Gasteiger partial charge in [-0.3, -0.25) is 0 Å². The van der Waals surface area contributed by atoms with Gasteiger partial charge in [0, 0.05) is 11.3 Å². The van der Waals surface area contributed by atoms with Gasteiger partial charge in [-0.05, 0) is 45.0 Å². The molecule has 2 rings (SSSR count). The number of anilines is 2. The van der Waals surface area contributed by atoms with E-state index in [0.29, 0.717) is 11.4 Å². The molecule has 1 aromatic heterocycles. The molecular weight excluding hydrogens is 256 g/mol. The summed E-state index contributed by atoms with van der Waals surface area (Å²) in [4.78, 5) is 11.2. The number of carboxylic acid groups (broad SMARTS) is 1. The Hall–Kier alpha value is -2.43. The van der Waals surface area contributed by atoms with Crippen molar-refractivity contribution in [2.75, 3.05) is 11.1 Å². The number of nitrogens with one attached hydrogen (secondary N) is 1. The molecule has 0 fully saturated rings. The summed E-state index contributed by atoms with van der Waals surface area (Å²) in [7, 11) is 0. The molecule has 106 valence electrons. The van der Waals surface area contributed by atoms with E-state index >= 15 is 0 Å². The molecule has 0 saturated heterocycles. The molecule has 5 heteroatoms. The van der Waals surface area contributed by atoms with Crippen molar-refractivity contribution in [2.24, 2.45) is 0 Å². The maximum atomic E-state index is 11.2. The second-order valence-corrected chi connectivity index (χ2v) is 4.84. The van der Waals surface area contributed by atoms with Gasteiger partial charge in [0.25, 0.3) is 0 Å². The van der Waals surface area contributed by atoms with Crippen LogP contribution in [0.25, 0.3) is 0 Å². The maximum absolute atomic E-state index is 11.2. The van der Waals surface area contributed by atoms with E-state index < -0.39 is 5.97 Å². The van der Waals surface area contributed by atoms with E-state index in [1.165, 1.54) is 6.07 Å². The average molecular weight is 274 g/mol. The van der Waals surface area contributed by atoms with Crippen molar-refractivity contribution in [2.45, 2.75) is 26.8 Å². The summed E-state index contributed by atoms with van der Waals surface area (Å²) in [6.45, 7) is 5.72. The van der Waals surface area contributed by atoms with Crippen LogP contribution in [0.4, 0.5) is 11.4 Å². The van der Waals surface area contributed by atoms with Gasteiger partial charge in [-0.1, -0.05) is 0 Å². The van der Waals surface area contributed by atoms with Gasteiger partial charge in [-0.15, -0.1) is 0 Å². The fourth-order valence-corrected chi connectivity index (χ4v) is 2.26. The standard InChI is InChI=1S/C15H18N2O3/c1-8-6-13(10(3)20-8)9(2)17-14-7-11(16)4-5-12(14)15(18)19/h4-7,9,17H,16H2,1-3H3,(H,18,19). The van der Waals surface area contributed by atoms with E-state index in [2.05, 4.69) is 5.32 Å². The van der Waals surface area contributed by atoms with E-state index in [9.17, 15) is 9.90 Å². The van der Waals surface area contributed by atoms with Crippen molar-refractivity contribution < 1.29 is 14.3 Å². The Balaban J connectivity index is 2.32. The molecule has 0 radical (unpaired) electrons. The first-order valence-electron chi connectivity index (χ1n) is 6.34. The Morgan fingerprint density at radius 1 is 1.35 bits per heavy atom. The lowest BCUT2D eigenvalue weighted by molar-refractivity contribution is 0.0698. The molecule has 0 aliphatic rings. The summed E-state index contributed by atoms with van der Waals surface area (Å²) in [5.41, 5.74) is 7.95. The third-order valence-corrected chi connectivity index (χ3v) is 3.19. The molecule has 0 spiro atoms. The van der Waals surface area contributed by atoms with Crippen LogP contribution in [0.5, 0.6) is 0 Å². The summed E-state index contributed by atoms with van der Waals surface area (Å²) in [6, 6.07) is 6.57. The number of aromatic carboxylic acids is 1. The highest BCUT2D eigenvalue weighted by Crippen LogP contribution is 2.27. The Kier molecular flexibility index (Phi) is 3.70. The first kappa shape index (κ1) is 14.0. The summed E-state index contributed by atoms with van der Waals surface area (Å²) < 4.78 is 5.49. The second-order valence-electron chi connectivity index (χ2n) is 4.84. The van der Waals surface area contributed by atoms with E-state index in [1.807, 2.05) is 26.8 Å². The number of hydrogen-bond acceptors (Lipinski definition) is 4. The molecule has 1 atom stereocenters. The lowest BCUT2D eigenvalue weighted by atomic mass is 10.1. The highest BCUT2D eigenvalue weighted by Gasteiger charge is 2.16. The lowest BCUT2D eigenvalue weighted by Crippen LogP contribution is -2.11. The van der Waals surface area contributed by atoms with Crippen LogP contribution >= 0.6 is 0 Å². The number of furan rings is 1. The van der Waals surface area contributed by atoms with Crippen molar-refractivity contribution >= 4 is 17.3 Å². The number of hydrogen-bond donors (Lipinski definition) is 3. The molecule has 0 aliphatic carbocycles. The molecule has 0 aliphatic heterocycles. The van der Waals surface area contributed by atoms with Gasteiger partial charge in [0.05, 0.1) is 17.3 Å². The molecule has 1 aromatic carbocycles. The Morgan fingerprint density at radius 2 is 2.05 bits per heavy atom. The minimum atomic E-state index is -0.986. The number of nitrogens with two attached hydrogens (primary N) is 1. The van der Waals surface area contributed by atoms with Crippen LogP contribution in [-0.4, -0.2) is 11.1 Å². The zero-order valence-corrected chi connectivity index (χ0v) is 11.7. The molecule has 0 bridgehead atoms. The van der Waals surface area contributed by atoms with Crippen LogP contribution in [0.1, 0.15) is 40.4 Å². The van der Waals surface area contributed by atoms with E-state index in [-0.39, 0.29) is 11.6 Å². The fourth-order valence-electron chi connectivity index (χ4n) is 2.26. The smallest absolute Gasteiger partial charge is 0.337 e. The SMILES string of the molecule is Cc1cc(C(C)Nc2cc(N)ccc2C(=O)O)c(C)o1. The third-order valence-electron chi connectivity index (χ3n) is 3.19. The molecule has 0 amide bonds. The minimum Gasteiger partial charge on any atom is -0.478 e. The van der Waals surface area contributed by atoms with Crippen molar-refractivity contribution in [3.05, 3.63) is 46.9 Å². The molecule has 0 saturated carbocycles. The van der Waals surface area contributed by atoms with E-state index in [1.54, 1.807) is 12.1 Å². The molecule has 5 nitrogen and oxygen atoms in total. The predicted molar refractivity (Wildman–Crippen MR) is 78.0 cm³/mol. The van der Waals surface area contributed by atoms with Gasteiger partial charge in [0.1, 0.15) is 11.5 Å². The lowest BCUT2D eigenvalue weighted by Gasteiger charge is -2.17. The van der Waals surface area contributed by atoms with Crippen LogP contribution in [-0.2, 0) is 0 Å². The van der Waals surface area contributed by atoms with Crippen molar-refractivity contribution in [1.82, 2.24) is 0 Å². The molecule has 1 unspecified atom stereocenters. The van der Waals surface area contributed by atoms with Crippen LogP contribution in [0.2, 0.25) is 0 Å². The first-order valence-corrected chi connectivity index (χ1v) is 6.34. The van der Waals surface area contributed by atoms with Gasteiger partial charge in [0.15, 0.2) is 0 Å². The molecule has 2 aromatic rings. The van der Waals surface area contributed by atoms with Gasteiger partial charge in [-0.25, -0.2) is 4.79 Å². The quantitative estimate of drug-likeness (QED) is 0.744. The topological polar surface area (TPSA) is 88.5 Å². The number of carboxylic acids is 1. The molecular formula is C15H18N2O3. The average Bonchev–Trinajstić information content (AvgIpc) is 2.68. The highest BCUT2D eigenvalue weighted by molar-refractivity contribution is 5.95. The third kappa shape index (κ3) is 2.77. The predicted octanol–water partition coefficient (Wildman–Crippen LogP) is 3.35. The second kappa shape index (κ2) is 5.28. The summed E-state index contributed by atoms with van der Waals surface area (Å²) >= 11 is 0. The fraction of sp³-hybridized carbons (Fsp3) is 0.267.